The van der Waals surface area contributed by atoms with Gasteiger partial charge in [0.05, 0.1) is 41.6 Å². The van der Waals surface area contributed by atoms with Gasteiger partial charge in [-0.15, -0.1) is 0 Å². The van der Waals surface area contributed by atoms with E-state index in [0.29, 0.717) is 41.4 Å². The molecule has 0 radical (unpaired) electrons. The van der Waals surface area contributed by atoms with Gasteiger partial charge in [-0.1, -0.05) is 30.7 Å². The average molecular weight is 412 g/mol. The second kappa shape index (κ2) is 8.32. The van der Waals surface area contributed by atoms with Crippen molar-refractivity contribution in [2.75, 3.05) is 13.2 Å². The minimum atomic E-state index is -0.135. The van der Waals surface area contributed by atoms with Gasteiger partial charge in [0.15, 0.2) is 0 Å². The summed E-state index contributed by atoms with van der Waals surface area (Å²) in [4.78, 5) is 26.7. The Labute approximate surface area is 172 Å². The van der Waals surface area contributed by atoms with Crippen LogP contribution in [-0.2, 0) is 19.6 Å². The third-order valence-corrected chi connectivity index (χ3v) is 5.20. The van der Waals surface area contributed by atoms with Gasteiger partial charge in [-0.3, -0.25) is 9.69 Å². The molecule has 4 rings (SSSR count). The summed E-state index contributed by atoms with van der Waals surface area (Å²) < 4.78 is 1.99. The lowest BCUT2D eigenvalue weighted by Gasteiger charge is -2.20. The van der Waals surface area contributed by atoms with Gasteiger partial charge in [-0.25, -0.2) is 9.97 Å². The number of aliphatic hydroxyl groups is 1. The Hall–Kier alpha value is -2.74. The van der Waals surface area contributed by atoms with Crippen LogP contribution in [0.5, 0.6) is 0 Å². The molecule has 0 bridgehead atoms. The van der Waals surface area contributed by atoms with Gasteiger partial charge in [0.25, 0.3) is 5.56 Å². The first-order valence-corrected chi connectivity index (χ1v) is 9.92. The van der Waals surface area contributed by atoms with Gasteiger partial charge in [-0.05, 0) is 36.9 Å². The highest BCUT2D eigenvalue weighted by molar-refractivity contribution is 6.31. The number of hydrogen-bond acceptors (Lipinski definition) is 5. The van der Waals surface area contributed by atoms with Crippen molar-refractivity contribution in [1.82, 2.24) is 24.4 Å². The fraction of sp³-hybridized carbons (Fsp3) is 0.286. The van der Waals surface area contributed by atoms with Crippen molar-refractivity contribution < 1.29 is 5.11 Å². The van der Waals surface area contributed by atoms with Crippen LogP contribution in [-0.4, -0.2) is 42.7 Å². The molecule has 2 aromatic heterocycles. The van der Waals surface area contributed by atoms with E-state index in [9.17, 15) is 9.90 Å². The van der Waals surface area contributed by atoms with E-state index >= 15 is 0 Å². The van der Waals surface area contributed by atoms with Crippen LogP contribution in [0.3, 0.4) is 0 Å². The van der Waals surface area contributed by atoms with E-state index in [1.807, 2.05) is 41.0 Å². The van der Waals surface area contributed by atoms with Crippen molar-refractivity contribution >= 4 is 33.5 Å². The van der Waals surface area contributed by atoms with E-state index in [1.54, 1.807) is 6.07 Å². The average Bonchev–Trinajstić information content (AvgIpc) is 3.04. The highest BCUT2D eigenvalue weighted by Gasteiger charge is 2.15. The monoisotopic (exact) mass is 411 g/mol. The summed E-state index contributed by atoms with van der Waals surface area (Å²) in [6.07, 6.45) is 0. The summed E-state index contributed by atoms with van der Waals surface area (Å²) in [6.45, 7) is 4.29. The first kappa shape index (κ1) is 19.6. The summed E-state index contributed by atoms with van der Waals surface area (Å²) in [5.41, 5.74) is 2.29. The maximum Gasteiger partial charge on any atom is 0.258 e. The van der Waals surface area contributed by atoms with Crippen molar-refractivity contribution in [3.05, 3.63) is 69.5 Å². The summed E-state index contributed by atoms with van der Waals surface area (Å²) in [5.74, 6) is 1.45. The Morgan fingerprint density at radius 2 is 1.97 bits per heavy atom. The molecular weight excluding hydrogens is 390 g/mol. The van der Waals surface area contributed by atoms with E-state index in [0.717, 1.165) is 23.4 Å². The van der Waals surface area contributed by atoms with Crippen LogP contribution in [0.2, 0.25) is 5.02 Å². The molecule has 29 heavy (non-hydrogen) atoms. The lowest BCUT2D eigenvalue weighted by molar-refractivity contribution is 0.244. The molecule has 4 aromatic rings. The topological polar surface area (TPSA) is 87.0 Å². The number of halogens is 1. The van der Waals surface area contributed by atoms with Crippen molar-refractivity contribution in [2.24, 2.45) is 0 Å². The molecule has 0 atom stereocenters. The van der Waals surface area contributed by atoms with Crippen LogP contribution in [0.15, 0.2) is 47.3 Å². The van der Waals surface area contributed by atoms with E-state index in [4.69, 9.17) is 16.6 Å². The quantitative estimate of drug-likeness (QED) is 0.488. The van der Waals surface area contributed by atoms with Crippen LogP contribution in [0.25, 0.3) is 21.9 Å². The van der Waals surface area contributed by atoms with Crippen LogP contribution in [0, 0.1) is 0 Å². The van der Waals surface area contributed by atoms with Crippen LogP contribution < -0.4 is 5.56 Å². The number of nitrogens with one attached hydrogen (secondary N) is 1. The zero-order valence-electron chi connectivity index (χ0n) is 16.1. The normalized spacial score (nSPS) is 11.7. The fourth-order valence-corrected chi connectivity index (χ4v) is 3.68. The molecule has 7 nitrogen and oxygen atoms in total. The third-order valence-electron chi connectivity index (χ3n) is 4.96. The molecule has 0 aliphatic heterocycles. The molecule has 0 amide bonds. The molecule has 2 aromatic carbocycles. The molecule has 8 heteroatoms. The van der Waals surface area contributed by atoms with E-state index in [2.05, 4.69) is 21.8 Å². The number of hydrogen-bond donors (Lipinski definition) is 2. The lowest BCUT2D eigenvalue weighted by Crippen LogP contribution is -2.27. The molecule has 0 aliphatic rings. The standard InChI is InChI=1S/C21H22ClN5O2/c1-2-26(12-19-23-16-6-4-3-5-15(16)21(29)25-19)13-20-24-17-8-7-14(22)11-18(17)27(20)9-10-28/h3-8,11,28H,2,9-10,12-13H2,1H3,(H,23,25,29). The first-order chi connectivity index (χ1) is 14.1. The van der Waals surface area contributed by atoms with Crippen LogP contribution in [0.1, 0.15) is 18.6 Å². The van der Waals surface area contributed by atoms with Crippen molar-refractivity contribution in [3.63, 3.8) is 0 Å². The second-order valence-electron chi connectivity index (χ2n) is 6.87. The lowest BCUT2D eigenvalue weighted by atomic mass is 10.2. The van der Waals surface area contributed by atoms with Gasteiger partial charge in [0.1, 0.15) is 11.6 Å². The maximum absolute atomic E-state index is 12.3. The predicted octanol–water partition coefficient (Wildman–Crippen LogP) is 2.94. The minimum absolute atomic E-state index is 0.0106. The van der Waals surface area contributed by atoms with Crippen molar-refractivity contribution in [1.29, 1.82) is 0 Å². The van der Waals surface area contributed by atoms with Gasteiger partial charge in [0.2, 0.25) is 0 Å². The van der Waals surface area contributed by atoms with E-state index in [-0.39, 0.29) is 12.2 Å². The molecular formula is C21H22ClN5O2. The van der Waals surface area contributed by atoms with Gasteiger partial charge in [0, 0.05) is 11.6 Å². The zero-order valence-corrected chi connectivity index (χ0v) is 16.9. The highest BCUT2D eigenvalue weighted by Crippen LogP contribution is 2.22. The summed E-state index contributed by atoms with van der Waals surface area (Å²) in [5, 5.41) is 10.7. The molecule has 0 saturated heterocycles. The number of H-pyrrole nitrogens is 1. The SMILES string of the molecule is CCN(Cc1nc2ccccc2c(=O)[nH]1)Cc1nc2ccc(Cl)cc2n1CCO. The van der Waals surface area contributed by atoms with Crippen molar-refractivity contribution in [2.45, 2.75) is 26.6 Å². The molecule has 0 saturated carbocycles. The molecule has 2 heterocycles. The number of aromatic nitrogens is 4. The molecule has 0 spiro atoms. The Balaban J connectivity index is 1.64. The predicted molar refractivity (Wildman–Crippen MR) is 114 cm³/mol. The van der Waals surface area contributed by atoms with E-state index in [1.165, 1.54) is 0 Å². The third kappa shape index (κ3) is 4.03. The summed E-state index contributed by atoms with van der Waals surface area (Å²) >= 11 is 6.15. The van der Waals surface area contributed by atoms with E-state index < -0.39 is 0 Å². The number of rotatable bonds is 7. The number of fused-ring (bicyclic) bond motifs is 2. The summed E-state index contributed by atoms with van der Waals surface area (Å²) in [7, 11) is 0. The number of nitrogens with zero attached hydrogens (tertiary/aromatic N) is 4. The van der Waals surface area contributed by atoms with Crippen molar-refractivity contribution in [3.8, 4) is 0 Å². The number of para-hydroxylation sites is 1. The zero-order chi connectivity index (χ0) is 20.4. The van der Waals surface area contributed by atoms with Crippen LogP contribution >= 0.6 is 11.6 Å². The van der Waals surface area contributed by atoms with Gasteiger partial charge in [-0.2, -0.15) is 0 Å². The Morgan fingerprint density at radius 1 is 1.14 bits per heavy atom. The van der Waals surface area contributed by atoms with Gasteiger partial charge >= 0.3 is 0 Å². The molecule has 0 fully saturated rings. The largest absolute Gasteiger partial charge is 0.395 e. The second-order valence-corrected chi connectivity index (χ2v) is 7.31. The smallest absolute Gasteiger partial charge is 0.258 e. The Kier molecular flexibility index (Phi) is 5.62. The summed E-state index contributed by atoms with van der Waals surface area (Å²) in [6, 6.07) is 12.9. The Bertz CT molecular complexity index is 1220. The minimum Gasteiger partial charge on any atom is -0.395 e. The number of aliphatic hydroxyl groups excluding tert-OH is 1. The highest BCUT2D eigenvalue weighted by atomic mass is 35.5. The molecule has 0 aliphatic carbocycles. The number of benzene rings is 2. The maximum atomic E-state index is 12.3. The van der Waals surface area contributed by atoms with Crippen LogP contribution in [0.4, 0.5) is 0 Å². The molecule has 150 valence electrons. The number of imidazole rings is 1. The Morgan fingerprint density at radius 3 is 2.76 bits per heavy atom. The van der Waals surface area contributed by atoms with Gasteiger partial charge < -0.3 is 14.7 Å². The molecule has 2 N–H and O–H groups in total. The number of aromatic amines is 1. The molecule has 0 unspecified atom stereocenters. The fourth-order valence-electron chi connectivity index (χ4n) is 3.52. The first-order valence-electron chi connectivity index (χ1n) is 9.55.